The highest BCUT2D eigenvalue weighted by Crippen LogP contribution is 2.49. The van der Waals surface area contributed by atoms with Gasteiger partial charge in [0.05, 0.1) is 0 Å². The van der Waals surface area contributed by atoms with Crippen LogP contribution in [0, 0.1) is 5.92 Å². The molecule has 1 nitrogen and oxygen atoms in total. The predicted molar refractivity (Wildman–Crippen MR) is 23.7 cm³/mol. The third kappa shape index (κ3) is 0.854. The SMILES string of the molecule is O=CCC1CC1(F)F. The normalized spacial score (nSPS) is 32.0. The molecule has 0 radical (unpaired) electrons. The first kappa shape index (κ1) is 5.66. The summed E-state index contributed by atoms with van der Waals surface area (Å²) in [6.45, 7) is 0. The fraction of sp³-hybridized carbons (Fsp3) is 0.800. The monoisotopic (exact) mass is 120 g/mol. The van der Waals surface area contributed by atoms with Crippen molar-refractivity contribution < 1.29 is 13.6 Å². The molecule has 0 aromatic heterocycles. The molecule has 1 fully saturated rings. The molecule has 0 aliphatic heterocycles. The van der Waals surface area contributed by atoms with E-state index in [0.717, 1.165) is 0 Å². The molecule has 1 atom stereocenters. The maximum Gasteiger partial charge on any atom is 0.252 e. The largest absolute Gasteiger partial charge is 0.303 e. The highest BCUT2D eigenvalue weighted by molar-refractivity contribution is 5.51. The van der Waals surface area contributed by atoms with Crippen LogP contribution in [0.5, 0.6) is 0 Å². The highest BCUT2D eigenvalue weighted by Gasteiger charge is 2.56. The average Bonchev–Trinajstić information content (AvgIpc) is 2.15. The van der Waals surface area contributed by atoms with Crippen molar-refractivity contribution >= 4 is 6.29 Å². The van der Waals surface area contributed by atoms with Crippen LogP contribution in [0.2, 0.25) is 0 Å². The van der Waals surface area contributed by atoms with Gasteiger partial charge in [0.1, 0.15) is 6.29 Å². The van der Waals surface area contributed by atoms with E-state index in [4.69, 9.17) is 0 Å². The summed E-state index contributed by atoms with van der Waals surface area (Å²) in [5.41, 5.74) is 0. The lowest BCUT2D eigenvalue weighted by atomic mass is 10.3. The van der Waals surface area contributed by atoms with Crippen LogP contribution in [-0.2, 0) is 4.79 Å². The summed E-state index contributed by atoms with van der Waals surface area (Å²) in [5, 5.41) is 0. The van der Waals surface area contributed by atoms with Gasteiger partial charge in [-0.25, -0.2) is 8.78 Å². The molecule has 1 saturated carbocycles. The van der Waals surface area contributed by atoms with Gasteiger partial charge in [-0.3, -0.25) is 0 Å². The first-order valence-corrected chi connectivity index (χ1v) is 2.48. The minimum Gasteiger partial charge on any atom is -0.303 e. The van der Waals surface area contributed by atoms with E-state index in [-0.39, 0.29) is 12.8 Å². The Kier molecular flexibility index (Phi) is 1.06. The maximum atomic E-state index is 11.8. The van der Waals surface area contributed by atoms with Crippen molar-refractivity contribution in [2.45, 2.75) is 18.8 Å². The molecule has 0 heterocycles. The van der Waals surface area contributed by atoms with Gasteiger partial charge in [0, 0.05) is 18.8 Å². The molecule has 1 unspecified atom stereocenters. The van der Waals surface area contributed by atoms with E-state index in [1.807, 2.05) is 0 Å². The minimum atomic E-state index is -2.51. The topological polar surface area (TPSA) is 17.1 Å². The number of carbonyl (C=O) groups excluding carboxylic acids is 1. The predicted octanol–water partition coefficient (Wildman–Crippen LogP) is 1.23. The van der Waals surface area contributed by atoms with Crippen molar-refractivity contribution in [1.29, 1.82) is 0 Å². The summed E-state index contributed by atoms with van der Waals surface area (Å²) < 4.78 is 23.6. The molecule has 0 amide bonds. The van der Waals surface area contributed by atoms with Crippen molar-refractivity contribution in [3.63, 3.8) is 0 Å². The molecule has 8 heavy (non-hydrogen) atoms. The Balaban J connectivity index is 2.26. The molecule has 0 aromatic carbocycles. The maximum absolute atomic E-state index is 11.8. The van der Waals surface area contributed by atoms with Crippen LogP contribution >= 0.6 is 0 Å². The Bertz CT molecular complexity index is 111. The fourth-order valence-corrected chi connectivity index (χ4v) is 0.642. The Morgan fingerprint density at radius 1 is 1.75 bits per heavy atom. The highest BCUT2D eigenvalue weighted by atomic mass is 19.3. The number of hydrogen-bond acceptors (Lipinski definition) is 1. The fourth-order valence-electron chi connectivity index (χ4n) is 0.642. The number of hydrogen-bond donors (Lipinski definition) is 0. The summed E-state index contributed by atoms with van der Waals surface area (Å²) in [5.74, 6) is -3.15. The number of aldehydes is 1. The Hall–Kier alpha value is -0.470. The molecule has 0 N–H and O–H groups in total. The molecule has 0 saturated heterocycles. The number of halogens is 2. The molecule has 0 bridgehead atoms. The second-order valence-electron chi connectivity index (χ2n) is 2.06. The molecule has 0 aromatic rings. The number of carbonyl (C=O) groups is 1. The lowest BCUT2D eigenvalue weighted by Crippen LogP contribution is -1.92. The zero-order valence-electron chi connectivity index (χ0n) is 4.23. The third-order valence-corrected chi connectivity index (χ3v) is 1.34. The molecule has 0 spiro atoms. The molecule has 3 heteroatoms. The Labute approximate surface area is 45.7 Å². The smallest absolute Gasteiger partial charge is 0.252 e. The first-order valence-electron chi connectivity index (χ1n) is 2.48. The van der Waals surface area contributed by atoms with Gasteiger partial charge in [0.2, 0.25) is 0 Å². The average molecular weight is 120 g/mol. The Morgan fingerprint density at radius 2 is 2.25 bits per heavy atom. The van der Waals surface area contributed by atoms with Gasteiger partial charge < -0.3 is 4.79 Å². The number of alkyl halides is 2. The van der Waals surface area contributed by atoms with E-state index in [0.29, 0.717) is 6.29 Å². The molecular formula is C5H6F2O. The van der Waals surface area contributed by atoms with Gasteiger partial charge in [-0.1, -0.05) is 0 Å². The zero-order chi connectivity index (χ0) is 6.20. The van der Waals surface area contributed by atoms with Crippen molar-refractivity contribution in [2.75, 3.05) is 0 Å². The summed E-state index contributed by atoms with van der Waals surface area (Å²) >= 11 is 0. The third-order valence-electron chi connectivity index (χ3n) is 1.34. The van der Waals surface area contributed by atoms with Crippen molar-refractivity contribution in [3.8, 4) is 0 Å². The molecule has 1 aliphatic rings. The van der Waals surface area contributed by atoms with Crippen LogP contribution in [0.25, 0.3) is 0 Å². The van der Waals surface area contributed by atoms with E-state index < -0.39 is 11.8 Å². The van der Waals surface area contributed by atoms with E-state index in [1.165, 1.54) is 0 Å². The summed E-state index contributed by atoms with van der Waals surface area (Å²) in [7, 11) is 0. The second-order valence-corrected chi connectivity index (χ2v) is 2.06. The quantitative estimate of drug-likeness (QED) is 0.501. The van der Waals surface area contributed by atoms with Crippen LogP contribution in [-0.4, -0.2) is 12.2 Å². The van der Waals surface area contributed by atoms with E-state index in [9.17, 15) is 13.6 Å². The zero-order valence-corrected chi connectivity index (χ0v) is 4.23. The molecular weight excluding hydrogens is 114 g/mol. The van der Waals surface area contributed by atoms with Gasteiger partial charge in [-0.2, -0.15) is 0 Å². The van der Waals surface area contributed by atoms with Crippen LogP contribution in [0.15, 0.2) is 0 Å². The van der Waals surface area contributed by atoms with Crippen LogP contribution in [0.1, 0.15) is 12.8 Å². The lowest BCUT2D eigenvalue weighted by molar-refractivity contribution is -0.108. The minimum absolute atomic E-state index is 0.0208. The standard InChI is InChI=1S/C5H6F2O/c6-5(7)3-4(5)1-2-8/h2,4H,1,3H2. The summed E-state index contributed by atoms with van der Waals surface area (Å²) in [6.07, 6.45) is 0.477. The molecule has 1 rings (SSSR count). The second kappa shape index (κ2) is 1.50. The van der Waals surface area contributed by atoms with Crippen molar-refractivity contribution in [1.82, 2.24) is 0 Å². The Morgan fingerprint density at radius 3 is 2.38 bits per heavy atom. The first-order chi connectivity index (χ1) is 3.67. The van der Waals surface area contributed by atoms with Gasteiger partial charge >= 0.3 is 0 Å². The van der Waals surface area contributed by atoms with Gasteiger partial charge in [-0.05, 0) is 0 Å². The van der Waals surface area contributed by atoms with E-state index in [2.05, 4.69) is 0 Å². The van der Waals surface area contributed by atoms with Crippen LogP contribution in [0.4, 0.5) is 8.78 Å². The van der Waals surface area contributed by atoms with Crippen LogP contribution in [0.3, 0.4) is 0 Å². The summed E-state index contributed by atoms with van der Waals surface area (Å²) in [6, 6.07) is 0. The van der Waals surface area contributed by atoms with Crippen LogP contribution < -0.4 is 0 Å². The number of rotatable bonds is 2. The van der Waals surface area contributed by atoms with E-state index in [1.54, 1.807) is 0 Å². The van der Waals surface area contributed by atoms with Crippen molar-refractivity contribution in [3.05, 3.63) is 0 Å². The van der Waals surface area contributed by atoms with Gasteiger partial charge in [0.15, 0.2) is 0 Å². The molecule has 1 aliphatic carbocycles. The van der Waals surface area contributed by atoms with Gasteiger partial charge in [0.25, 0.3) is 5.92 Å². The summed E-state index contributed by atoms with van der Waals surface area (Å²) in [4.78, 5) is 9.61. The van der Waals surface area contributed by atoms with E-state index >= 15 is 0 Å². The van der Waals surface area contributed by atoms with Gasteiger partial charge in [-0.15, -0.1) is 0 Å². The molecule has 46 valence electrons. The lowest BCUT2D eigenvalue weighted by Gasteiger charge is -1.86. The van der Waals surface area contributed by atoms with Crippen molar-refractivity contribution in [2.24, 2.45) is 5.92 Å².